The largest absolute Gasteiger partial charge is 0.498 e. The van der Waals surface area contributed by atoms with Crippen LogP contribution in [-0.4, -0.2) is 63.1 Å². The average molecular weight is 407 g/mol. The molecule has 1 amide bonds. The van der Waals surface area contributed by atoms with Gasteiger partial charge in [-0.25, -0.2) is 4.79 Å². The van der Waals surface area contributed by atoms with Crippen molar-refractivity contribution in [1.82, 2.24) is 14.7 Å². The van der Waals surface area contributed by atoms with Crippen LogP contribution in [0.4, 0.5) is 4.79 Å². The molecular formula is C20H34BN3O5. The van der Waals surface area contributed by atoms with Gasteiger partial charge in [-0.15, -0.1) is 0 Å². The van der Waals surface area contributed by atoms with Crippen molar-refractivity contribution in [2.75, 3.05) is 6.61 Å². The van der Waals surface area contributed by atoms with Gasteiger partial charge in [0.25, 0.3) is 0 Å². The Morgan fingerprint density at radius 3 is 2.34 bits per heavy atom. The Balaban J connectivity index is 1.72. The summed E-state index contributed by atoms with van der Waals surface area (Å²) in [6.07, 6.45) is 3.27. The second-order valence-electron chi connectivity index (χ2n) is 10.3. The van der Waals surface area contributed by atoms with Crippen LogP contribution in [0.15, 0.2) is 12.4 Å². The number of amides is 1. The van der Waals surface area contributed by atoms with E-state index < -0.39 is 29.6 Å². The minimum Gasteiger partial charge on any atom is -0.444 e. The van der Waals surface area contributed by atoms with E-state index in [0.29, 0.717) is 13.2 Å². The van der Waals surface area contributed by atoms with Gasteiger partial charge in [0.2, 0.25) is 0 Å². The molecule has 1 unspecified atom stereocenters. The van der Waals surface area contributed by atoms with E-state index in [1.165, 1.54) is 0 Å². The van der Waals surface area contributed by atoms with Gasteiger partial charge in [0.05, 0.1) is 30.4 Å². The molecule has 0 radical (unpaired) electrons. The number of aromatic nitrogens is 2. The first kappa shape index (κ1) is 22.1. The Morgan fingerprint density at radius 2 is 1.79 bits per heavy atom. The highest BCUT2D eigenvalue weighted by Crippen LogP contribution is 2.36. The molecule has 0 spiro atoms. The van der Waals surface area contributed by atoms with Crippen molar-refractivity contribution in [3.05, 3.63) is 12.4 Å². The van der Waals surface area contributed by atoms with Crippen LogP contribution < -0.4 is 5.46 Å². The highest BCUT2D eigenvalue weighted by Gasteiger charge is 2.52. The zero-order valence-electron chi connectivity index (χ0n) is 19.1. The quantitative estimate of drug-likeness (QED) is 0.717. The first-order valence-electron chi connectivity index (χ1n) is 10.2. The number of nitrogens with zero attached hydrogens (tertiary/aromatic N) is 3. The van der Waals surface area contributed by atoms with Crippen molar-refractivity contribution in [1.29, 1.82) is 0 Å². The Bertz CT molecular complexity index is 752. The highest BCUT2D eigenvalue weighted by molar-refractivity contribution is 6.61. The van der Waals surface area contributed by atoms with E-state index in [9.17, 15) is 4.79 Å². The summed E-state index contributed by atoms with van der Waals surface area (Å²) >= 11 is 0. The Morgan fingerprint density at radius 1 is 1.21 bits per heavy atom. The topological polar surface area (TPSA) is 75.1 Å². The fourth-order valence-electron chi connectivity index (χ4n) is 3.49. The molecule has 2 fully saturated rings. The van der Waals surface area contributed by atoms with Crippen LogP contribution >= 0.6 is 0 Å². The molecule has 1 atom stereocenters. The first-order chi connectivity index (χ1) is 13.1. The summed E-state index contributed by atoms with van der Waals surface area (Å²) in [5.41, 5.74) is -1.27. The first-order valence-corrected chi connectivity index (χ1v) is 10.2. The molecule has 2 aliphatic heterocycles. The summed E-state index contributed by atoms with van der Waals surface area (Å²) in [7, 11) is -0.466. The van der Waals surface area contributed by atoms with E-state index in [-0.39, 0.29) is 12.1 Å². The van der Waals surface area contributed by atoms with E-state index in [4.69, 9.17) is 18.8 Å². The molecule has 0 aliphatic carbocycles. The summed E-state index contributed by atoms with van der Waals surface area (Å²) in [5, 5.41) is 4.46. The van der Waals surface area contributed by atoms with Crippen LogP contribution in [-0.2, 0) is 25.3 Å². The summed E-state index contributed by atoms with van der Waals surface area (Å²) in [4.78, 5) is 14.4. The number of ether oxygens (including phenoxy) is 2. The maximum absolute atomic E-state index is 12.8. The van der Waals surface area contributed by atoms with Gasteiger partial charge in [0.1, 0.15) is 11.3 Å². The molecule has 162 valence electrons. The Hall–Kier alpha value is -1.58. The molecule has 1 aromatic rings. The number of hydrogen-bond donors (Lipinski definition) is 0. The maximum Gasteiger partial charge on any atom is 0.498 e. The number of hydrogen-bond acceptors (Lipinski definition) is 6. The van der Waals surface area contributed by atoms with Gasteiger partial charge in [0.15, 0.2) is 0 Å². The smallest absolute Gasteiger partial charge is 0.444 e. The van der Waals surface area contributed by atoms with E-state index in [1.807, 2.05) is 68.5 Å². The monoisotopic (exact) mass is 407 g/mol. The van der Waals surface area contributed by atoms with Crippen LogP contribution in [0.1, 0.15) is 62.3 Å². The molecule has 29 heavy (non-hydrogen) atoms. The molecule has 9 heteroatoms. The van der Waals surface area contributed by atoms with Gasteiger partial charge in [-0.3, -0.25) is 9.58 Å². The summed E-state index contributed by atoms with van der Waals surface area (Å²) in [6, 6.07) is -0.189. The van der Waals surface area contributed by atoms with Crippen molar-refractivity contribution >= 4 is 18.7 Å². The van der Waals surface area contributed by atoms with E-state index in [2.05, 4.69) is 5.10 Å². The van der Waals surface area contributed by atoms with Gasteiger partial charge < -0.3 is 18.8 Å². The third-order valence-corrected chi connectivity index (χ3v) is 5.74. The van der Waals surface area contributed by atoms with Crippen molar-refractivity contribution in [3.63, 3.8) is 0 Å². The third kappa shape index (κ3) is 4.46. The van der Waals surface area contributed by atoms with Gasteiger partial charge >= 0.3 is 13.2 Å². The van der Waals surface area contributed by atoms with Crippen LogP contribution in [0.25, 0.3) is 0 Å². The zero-order valence-corrected chi connectivity index (χ0v) is 19.1. The molecule has 0 aromatic carbocycles. The van der Waals surface area contributed by atoms with Crippen LogP contribution in [0.3, 0.4) is 0 Å². The molecule has 2 saturated heterocycles. The molecule has 2 aliphatic rings. The fraction of sp³-hybridized carbons (Fsp3) is 0.800. The third-order valence-electron chi connectivity index (χ3n) is 5.74. The van der Waals surface area contributed by atoms with E-state index in [1.54, 1.807) is 15.8 Å². The lowest BCUT2D eigenvalue weighted by molar-refractivity contribution is -0.0630. The maximum atomic E-state index is 12.8. The van der Waals surface area contributed by atoms with Gasteiger partial charge in [-0.2, -0.15) is 5.10 Å². The van der Waals surface area contributed by atoms with E-state index >= 15 is 0 Å². The van der Waals surface area contributed by atoms with Gasteiger partial charge in [-0.05, 0) is 62.3 Å². The summed E-state index contributed by atoms with van der Waals surface area (Å²) in [6.45, 7) is 18.3. The predicted molar refractivity (Wildman–Crippen MR) is 110 cm³/mol. The number of rotatable bonds is 3. The minimum atomic E-state index is -0.741. The SMILES string of the molecule is CC(C)(C)OC(=O)N1C(Cn2cc(B3OC(C)(C)C(C)(C)O3)cn2)COC1(C)C. The lowest BCUT2D eigenvalue weighted by Crippen LogP contribution is -2.51. The highest BCUT2D eigenvalue weighted by atomic mass is 16.7. The minimum absolute atomic E-state index is 0.189. The average Bonchev–Trinajstić information content (AvgIpc) is 3.14. The summed E-state index contributed by atoms with van der Waals surface area (Å²) in [5.74, 6) is 0. The van der Waals surface area contributed by atoms with Gasteiger partial charge in [-0.1, -0.05) is 0 Å². The number of carbonyl (C=O) groups is 1. The second-order valence-corrected chi connectivity index (χ2v) is 10.3. The molecule has 3 heterocycles. The lowest BCUT2D eigenvalue weighted by Gasteiger charge is -2.35. The van der Waals surface area contributed by atoms with Crippen LogP contribution in [0.5, 0.6) is 0 Å². The molecule has 0 saturated carbocycles. The second kappa shape index (κ2) is 6.99. The normalized spacial score (nSPS) is 25.5. The zero-order chi connectivity index (χ0) is 21.8. The Kier molecular flexibility index (Phi) is 5.33. The fourth-order valence-corrected chi connectivity index (χ4v) is 3.49. The lowest BCUT2D eigenvalue weighted by atomic mass is 9.82. The molecule has 8 nitrogen and oxygen atoms in total. The van der Waals surface area contributed by atoms with E-state index in [0.717, 1.165) is 5.46 Å². The van der Waals surface area contributed by atoms with Crippen molar-refractivity contribution < 1.29 is 23.6 Å². The molecule has 3 rings (SSSR count). The Labute approximate surface area is 173 Å². The van der Waals surface area contributed by atoms with Crippen molar-refractivity contribution in [2.45, 2.75) is 97.4 Å². The number of carbonyl (C=O) groups excluding carboxylic acids is 1. The van der Waals surface area contributed by atoms with Crippen molar-refractivity contribution in [2.24, 2.45) is 0 Å². The van der Waals surface area contributed by atoms with Gasteiger partial charge in [0, 0.05) is 17.9 Å². The van der Waals surface area contributed by atoms with Crippen molar-refractivity contribution in [3.8, 4) is 0 Å². The molecule has 0 N–H and O–H groups in total. The molecule has 1 aromatic heterocycles. The summed E-state index contributed by atoms with van der Waals surface area (Å²) < 4.78 is 25.5. The molecular weight excluding hydrogens is 373 g/mol. The van der Waals surface area contributed by atoms with Crippen LogP contribution in [0.2, 0.25) is 0 Å². The predicted octanol–water partition coefficient (Wildman–Crippen LogP) is 2.55. The standard InChI is InChI=1S/C20H34BN3O5/c1-17(2,3)27-16(25)24-15(13-26-20(24,8)9)12-23-11-14(10-22-23)21-28-18(4,5)19(6,7)29-21/h10-11,15H,12-13H2,1-9H3. The van der Waals surface area contributed by atoms with Crippen LogP contribution in [0, 0.1) is 0 Å². The molecule has 0 bridgehead atoms.